The normalized spacial score (nSPS) is 16.9. The first-order valence-electron chi connectivity index (χ1n) is 6.40. The number of benzene rings is 1. The quantitative estimate of drug-likeness (QED) is 0.848. The molecule has 1 aromatic carbocycles. The zero-order chi connectivity index (χ0) is 13.0. The molecule has 0 saturated carbocycles. The van der Waals surface area contributed by atoms with Crippen LogP contribution in [-0.2, 0) is 4.74 Å². The predicted octanol–water partition coefficient (Wildman–Crippen LogP) is 3.44. The van der Waals surface area contributed by atoms with E-state index in [1.54, 1.807) is 0 Å². The van der Waals surface area contributed by atoms with Crippen LogP contribution in [0.25, 0.3) is 0 Å². The standard InChI is InChI=1S/C15H25NO/c1-10(2)13(5)17-15(12(4)16)14-9-7-6-8-11(14)3/h6-10,12-13,15H,16H2,1-5H3. The Hall–Kier alpha value is -0.860. The fourth-order valence-electron chi connectivity index (χ4n) is 1.77. The molecule has 3 unspecified atom stereocenters. The molecule has 0 heterocycles. The molecule has 0 spiro atoms. The molecule has 2 nitrogen and oxygen atoms in total. The first kappa shape index (κ1) is 14.2. The Bertz CT molecular complexity index is 347. The molecule has 1 rings (SSSR count). The van der Waals surface area contributed by atoms with Crippen molar-refractivity contribution in [3.63, 3.8) is 0 Å². The van der Waals surface area contributed by atoms with Crippen molar-refractivity contribution in [1.82, 2.24) is 0 Å². The van der Waals surface area contributed by atoms with E-state index in [1.807, 2.05) is 19.1 Å². The molecule has 3 atom stereocenters. The molecular weight excluding hydrogens is 210 g/mol. The summed E-state index contributed by atoms with van der Waals surface area (Å²) in [7, 11) is 0. The second-order valence-corrected chi connectivity index (χ2v) is 5.22. The monoisotopic (exact) mass is 235 g/mol. The van der Waals surface area contributed by atoms with Crippen molar-refractivity contribution < 1.29 is 4.74 Å². The highest BCUT2D eigenvalue weighted by Crippen LogP contribution is 2.26. The van der Waals surface area contributed by atoms with Gasteiger partial charge in [0, 0.05) is 6.04 Å². The number of nitrogens with two attached hydrogens (primary N) is 1. The van der Waals surface area contributed by atoms with E-state index in [4.69, 9.17) is 10.5 Å². The molecule has 0 amide bonds. The number of hydrogen-bond acceptors (Lipinski definition) is 2. The minimum atomic E-state index is -0.0198. The van der Waals surface area contributed by atoms with E-state index >= 15 is 0 Å². The van der Waals surface area contributed by atoms with Gasteiger partial charge < -0.3 is 10.5 Å². The van der Waals surface area contributed by atoms with Gasteiger partial charge in [-0.05, 0) is 37.8 Å². The van der Waals surface area contributed by atoms with Crippen LogP contribution in [0, 0.1) is 12.8 Å². The van der Waals surface area contributed by atoms with Crippen LogP contribution in [0.5, 0.6) is 0 Å². The van der Waals surface area contributed by atoms with Crippen LogP contribution >= 0.6 is 0 Å². The molecular formula is C15H25NO. The molecule has 0 aliphatic carbocycles. The predicted molar refractivity (Wildman–Crippen MR) is 73.0 cm³/mol. The van der Waals surface area contributed by atoms with Crippen LogP contribution in [0.15, 0.2) is 24.3 Å². The lowest BCUT2D eigenvalue weighted by atomic mass is 9.98. The summed E-state index contributed by atoms with van der Waals surface area (Å²) in [5, 5.41) is 0. The third kappa shape index (κ3) is 3.83. The van der Waals surface area contributed by atoms with Gasteiger partial charge in [0.15, 0.2) is 0 Å². The highest BCUT2D eigenvalue weighted by molar-refractivity contribution is 5.28. The Morgan fingerprint density at radius 2 is 1.65 bits per heavy atom. The van der Waals surface area contributed by atoms with Gasteiger partial charge in [-0.1, -0.05) is 38.1 Å². The second kappa shape index (κ2) is 6.18. The SMILES string of the molecule is Cc1ccccc1C(OC(C)C(C)C)C(C)N. The summed E-state index contributed by atoms with van der Waals surface area (Å²) in [6.07, 6.45) is 0.194. The van der Waals surface area contributed by atoms with Gasteiger partial charge in [-0.2, -0.15) is 0 Å². The maximum absolute atomic E-state index is 6.12. The Balaban J connectivity index is 2.91. The topological polar surface area (TPSA) is 35.2 Å². The lowest BCUT2D eigenvalue weighted by Gasteiger charge is -2.28. The second-order valence-electron chi connectivity index (χ2n) is 5.22. The minimum absolute atomic E-state index is 0.00250. The Kier molecular flexibility index (Phi) is 5.16. The van der Waals surface area contributed by atoms with E-state index in [0.29, 0.717) is 5.92 Å². The van der Waals surface area contributed by atoms with Crippen LogP contribution in [0.3, 0.4) is 0 Å². The molecule has 96 valence electrons. The fraction of sp³-hybridized carbons (Fsp3) is 0.600. The van der Waals surface area contributed by atoms with E-state index in [9.17, 15) is 0 Å². The molecule has 1 aromatic rings. The smallest absolute Gasteiger partial charge is 0.0979 e. The van der Waals surface area contributed by atoms with Gasteiger partial charge >= 0.3 is 0 Å². The van der Waals surface area contributed by atoms with Gasteiger partial charge in [-0.15, -0.1) is 0 Å². The molecule has 0 saturated heterocycles. The van der Waals surface area contributed by atoms with Gasteiger partial charge in [0.2, 0.25) is 0 Å². The van der Waals surface area contributed by atoms with Crippen molar-refractivity contribution in [3.8, 4) is 0 Å². The maximum Gasteiger partial charge on any atom is 0.0979 e. The first-order valence-corrected chi connectivity index (χ1v) is 6.40. The van der Waals surface area contributed by atoms with Crippen molar-refractivity contribution >= 4 is 0 Å². The molecule has 0 aromatic heterocycles. The van der Waals surface area contributed by atoms with E-state index < -0.39 is 0 Å². The van der Waals surface area contributed by atoms with Crippen LogP contribution in [0.2, 0.25) is 0 Å². The molecule has 0 aliphatic rings. The average Bonchev–Trinajstić information content (AvgIpc) is 2.26. The minimum Gasteiger partial charge on any atom is -0.369 e. The summed E-state index contributed by atoms with van der Waals surface area (Å²) in [5.41, 5.74) is 8.51. The summed E-state index contributed by atoms with van der Waals surface area (Å²) < 4.78 is 6.12. The zero-order valence-electron chi connectivity index (χ0n) is 11.6. The van der Waals surface area contributed by atoms with Crippen molar-refractivity contribution in [2.45, 2.75) is 52.9 Å². The molecule has 0 bridgehead atoms. The number of rotatable bonds is 5. The van der Waals surface area contributed by atoms with Gasteiger partial charge in [0.25, 0.3) is 0 Å². The molecule has 2 N–H and O–H groups in total. The van der Waals surface area contributed by atoms with Crippen molar-refractivity contribution in [3.05, 3.63) is 35.4 Å². The molecule has 0 aliphatic heterocycles. The Labute approximate surface area is 105 Å². The number of hydrogen-bond donors (Lipinski definition) is 1. The van der Waals surface area contributed by atoms with E-state index in [0.717, 1.165) is 0 Å². The van der Waals surface area contributed by atoms with Crippen LogP contribution in [0.4, 0.5) is 0 Å². The summed E-state index contributed by atoms with van der Waals surface area (Å²) >= 11 is 0. The first-order chi connectivity index (χ1) is 7.93. The zero-order valence-corrected chi connectivity index (χ0v) is 11.6. The third-order valence-electron chi connectivity index (χ3n) is 3.27. The lowest BCUT2D eigenvalue weighted by molar-refractivity contribution is -0.0366. The Morgan fingerprint density at radius 1 is 1.06 bits per heavy atom. The summed E-state index contributed by atoms with van der Waals surface area (Å²) in [5.74, 6) is 0.500. The summed E-state index contributed by atoms with van der Waals surface area (Å²) in [4.78, 5) is 0. The fourth-order valence-corrected chi connectivity index (χ4v) is 1.77. The number of ether oxygens (including phenoxy) is 1. The summed E-state index contributed by atoms with van der Waals surface area (Å²) in [6.45, 7) is 10.6. The van der Waals surface area contributed by atoms with Gasteiger partial charge in [0.05, 0.1) is 12.2 Å². The van der Waals surface area contributed by atoms with Crippen LogP contribution in [0.1, 0.15) is 44.9 Å². The average molecular weight is 235 g/mol. The molecule has 0 fully saturated rings. The lowest BCUT2D eigenvalue weighted by Crippen LogP contribution is -2.31. The largest absolute Gasteiger partial charge is 0.369 e. The summed E-state index contributed by atoms with van der Waals surface area (Å²) in [6, 6.07) is 8.30. The van der Waals surface area contributed by atoms with Gasteiger partial charge in [0.1, 0.15) is 0 Å². The third-order valence-corrected chi connectivity index (χ3v) is 3.27. The highest BCUT2D eigenvalue weighted by Gasteiger charge is 2.22. The van der Waals surface area contributed by atoms with Crippen molar-refractivity contribution in [1.29, 1.82) is 0 Å². The highest BCUT2D eigenvalue weighted by atomic mass is 16.5. The molecule has 17 heavy (non-hydrogen) atoms. The molecule has 0 radical (unpaired) electrons. The van der Waals surface area contributed by atoms with Gasteiger partial charge in [-0.3, -0.25) is 0 Å². The number of aryl methyl sites for hydroxylation is 1. The maximum atomic E-state index is 6.12. The van der Waals surface area contributed by atoms with Crippen molar-refractivity contribution in [2.75, 3.05) is 0 Å². The van der Waals surface area contributed by atoms with E-state index in [-0.39, 0.29) is 18.2 Å². The van der Waals surface area contributed by atoms with Gasteiger partial charge in [-0.25, -0.2) is 0 Å². The van der Waals surface area contributed by atoms with Crippen LogP contribution in [-0.4, -0.2) is 12.1 Å². The Morgan fingerprint density at radius 3 is 2.12 bits per heavy atom. The molecule has 2 heteroatoms. The van der Waals surface area contributed by atoms with Crippen LogP contribution < -0.4 is 5.73 Å². The van der Waals surface area contributed by atoms with E-state index in [2.05, 4.69) is 39.8 Å². The van der Waals surface area contributed by atoms with E-state index in [1.165, 1.54) is 11.1 Å². The van der Waals surface area contributed by atoms with Crippen molar-refractivity contribution in [2.24, 2.45) is 11.7 Å².